The smallest absolute Gasteiger partial charge is 0.227 e. The zero-order valence-electron chi connectivity index (χ0n) is 17.5. The molecule has 0 aliphatic heterocycles. The maximum Gasteiger partial charge on any atom is 0.227 e. The molecule has 1 atom stereocenters. The van der Waals surface area contributed by atoms with Gasteiger partial charge in [0.1, 0.15) is 11.6 Å². The highest BCUT2D eigenvalue weighted by Gasteiger charge is 2.32. The molecule has 0 spiro atoms. The lowest BCUT2D eigenvalue weighted by Crippen LogP contribution is -2.33. The van der Waals surface area contributed by atoms with Crippen LogP contribution >= 0.6 is 0 Å². The van der Waals surface area contributed by atoms with Gasteiger partial charge in [-0.3, -0.25) is 4.90 Å². The van der Waals surface area contributed by atoms with Crippen molar-refractivity contribution >= 4 is 0 Å². The van der Waals surface area contributed by atoms with Gasteiger partial charge in [0.15, 0.2) is 0 Å². The first-order valence-corrected chi connectivity index (χ1v) is 10.5. The van der Waals surface area contributed by atoms with E-state index in [2.05, 4.69) is 4.90 Å². The highest BCUT2D eigenvalue weighted by atomic mass is 19.1. The third-order valence-corrected chi connectivity index (χ3v) is 5.49. The second-order valence-corrected chi connectivity index (χ2v) is 7.90. The molecule has 3 aromatic rings. The van der Waals surface area contributed by atoms with Crippen LogP contribution in [0, 0.1) is 12.7 Å². The first-order chi connectivity index (χ1) is 14.5. The van der Waals surface area contributed by atoms with Crippen molar-refractivity contribution in [3.05, 3.63) is 71.7 Å². The van der Waals surface area contributed by atoms with Crippen molar-refractivity contribution in [1.29, 1.82) is 0 Å². The van der Waals surface area contributed by atoms with E-state index in [0.29, 0.717) is 30.8 Å². The molecular weight excluding hydrogens is 381 g/mol. The van der Waals surface area contributed by atoms with Gasteiger partial charge in [-0.15, -0.1) is 0 Å². The first kappa shape index (κ1) is 20.6. The van der Waals surface area contributed by atoms with Crippen molar-refractivity contribution < 1.29 is 14.2 Å². The van der Waals surface area contributed by atoms with E-state index in [9.17, 15) is 9.50 Å². The van der Waals surface area contributed by atoms with Crippen LogP contribution in [-0.2, 0) is 6.54 Å². The second kappa shape index (κ2) is 8.98. The van der Waals surface area contributed by atoms with Crippen LogP contribution in [0.5, 0.6) is 11.6 Å². The van der Waals surface area contributed by atoms with Gasteiger partial charge in [-0.1, -0.05) is 31.2 Å². The van der Waals surface area contributed by atoms with E-state index in [-0.39, 0.29) is 11.9 Å². The Balaban J connectivity index is 1.72. The average Bonchev–Trinajstić information content (AvgIpc) is 3.55. The summed E-state index contributed by atoms with van der Waals surface area (Å²) in [6, 6.07) is 16.4. The molecule has 1 saturated carbocycles. The number of rotatable bonds is 9. The van der Waals surface area contributed by atoms with Crippen LogP contribution in [-0.4, -0.2) is 38.5 Å². The fraction of sp³-hybridized carbons (Fsp3) is 0.375. The number of aromatic nitrogens is 2. The maximum atomic E-state index is 13.8. The van der Waals surface area contributed by atoms with Crippen LogP contribution in [0.1, 0.15) is 37.4 Å². The Bertz CT molecular complexity index is 985. The molecule has 0 amide bonds. The molecule has 1 N–H and O–H groups in total. The molecule has 2 aromatic carbocycles. The minimum atomic E-state index is -0.359. The van der Waals surface area contributed by atoms with E-state index >= 15 is 0 Å². The Morgan fingerprint density at radius 1 is 1.20 bits per heavy atom. The topological polar surface area (TPSA) is 50.5 Å². The summed E-state index contributed by atoms with van der Waals surface area (Å²) in [7, 11) is 0. The van der Waals surface area contributed by atoms with Crippen LogP contribution in [0.2, 0.25) is 0 Å². The van der Waals surface area contributed by atoms with Gasteiger partial charge in [0.05, 0.1) is 23.0 Å². The number of aliphatic hydroxyl groups is 1. The van der Waals surface area contributed by atoms with Crippen molar-refractivity contribution in [2.24, 2.45) is 0 Å². The number of hydrogen-bond donors (Lipinski definition) is 1. The van der Waals surface area contributed by atoms with Gasteiger partial charge in [-0.25, -0.2) is 9.07 Å². The number of halogens is 1. The first-order valence-electron chi connectivity index (χ1n) is 10.5. The average molecular weight is 410 g/mol. The van der Waals surface area contributed by atoms with Gasteiger partial charge in [0, 0.05) is 25.2 Å². The Hall–Kier alpha value is -2.70. The molecule has 1 heterocycles. The normalized spacial score (nSPS) is 14.8. The van der Waals surface area contributed by atoms with Gasteiger partial charge >= 0.3 is 0 Å². The molecule has 1 aromatic heterocycles. The van der Waals surface area contributed by atoms with Crippen LogP contribution in [0.15, 0.2) is 54.6 Å². The summed E-state index contributed by atoms with van der Waals surface area (Å²) in [6.07, 6.45) is 2.64. The third-order valence-electron chi connectivity index (χ3n) is 5.49. The SMILES string of the molecule is CCC(O)CN(Cc1c(C)nn(-c2ccccc2)c1Oc1cccc(F)c1)C1CC1. The Morgan fingerprint density at radius 2 is 1.97 bits per heavy atom. The summed E-state index contributed by atoms with van der Waals surface area (Å²) in [6.45, 7) is 5.21. The zero-order chi connectivity index (χ0) is 21.1. The minimum Gasteiger partial charge on any atom is -0.438 e. The molecule has 6 heteroatoms. The van der Waals surface area contributed by atoms with Gasteiger partial charge in [-0.2, -0.15) is 5.10 Å². The third kappa shape index (κ3) is 4.71. The number of benzene rings is 2. The molecule has 0 radical (unpaired) electrons. The Kier molecular flexibility index (Phi) is 6.16. The monoisotopic (exact) mass is 409 g/mol. The van der Waals surface area contributed by atoms with Crippen molar-refractivity contribution in [1.82, 2.24) is 14.7 Å². The molecule has 0 bridgehead atoms. The van der Waals surface area contributed by atoms with E-state index in [4.69, 9.17) is 9.84 Å². The number of hydrogen-bond acceptors (Lipinski definition) is 4. The molecule has 1 aliphatic rings. The highest BCUT2D eigenvalue weighted by Crippen LogP contribution is 2.35. The quantitative estimate of drug-likeness (QED) is 0.549. The van der Waals surface area contributed by atoms with E-state index in [1.165, 1.54) is 12.1 Å². The predicted molar refractivity (Wildman–Crippen MR) is 115 cm³/mol. The largest absolute Gasteiger partial charge is 0.438 e. The Labute approximate surface area is 176 Å². The fourth-order valence-electron chi connectivity index (χ4n) is 3.60. The van der Waals surface area contributed by atoms with Gasteiger partial charge in [-0.05, 0) is 50.5 Å². The molecule has 1 unspecified atom stereocenters. The van der Waals surface area contributed by atoms with Crippen LogP contribution in [0.3, 0.4) is 0 Å². The lowest BCUT2D eigenvalue weighted by atomic mass is 10.2. The summed E-state index contributed by atoms with van der Waals surface area (Å²) in [5.41, 5.74) is 2.70. The second-order valence-electron chi connectivity index (χ2n) is 7.90. The molecule has 1 fully saturated rings. The van der Waals surface area contributed by atoms with Gasteiger partial charge in [0.2, 0.25) is 5.88 Å². The number of ether oxygens (including phenoxy) is 1. The Morgan fingerprint density at radius 3 is 2.63 bits per heavy atom. The highest BCUT2D eigenvalue weighted by molar-refractivity contribution is 5.43. The zero-order valence-corrected chi connectivity index (χ0v) is 17.5. The van der Waals surface area contributed by atoms with E-state index < -0.39 is 0 Å². The summed E-state index contributed by atoms with van der Waals surface area (Å²) < 4.78 is 21.7. The van der Waals surface area contributed by atoms with Gasteiger partial charge < -0.3 is 9.84 Å². The summed E-state index contributed by atoms with van der Waals surface area (Å²) in [5.74, 6) is 0.669. The number of aliphatic hydroxyl groups excluding tert-OH is 1. The van der Waals surface area contributed by atoms with Crippen molar-refractivity contribution in [2.45, 2.75) is 51.8 Å². The number of nitrogens with zero attached hydrogens (tertiary/aromatic N) is 3. The standard InChI is InChI=1S/C24H28FN3O2/c1-3-21(29)15-27(19-12-13-19)16-23-17(2)26-28(20-9-5-4-6-10-20)24(23)30-22-11-7-8-18(25)14-22/h4-11,14,19,21,29H,3,12-13,15-16H2,1-2H3. The molecule has 5 nitrogen and oxygen atoms in total. The molecule has 0 saturated heterocycles. The molecule has 30 heavy (non-hydrogen) atoms. The van der Waals surface area contributed by atoms with Crippen molar-refractivity contribution in [3.63, 3.8) is 0 Å². The van der Waals surface area contributed by atoms with Crippen molar-refractivity contribution in [2.75, 3.05) is 6.54 Å². The van der Waals surface area contributed by atoms with E-state index in [1.54, 1.807) is 16.8 Å². The van der Waals surface area contributed by atoms with E-state index in [0.717, 1.165) is 36.2 Å². The number of para-hydroxylation sites is 1. The lowest BCUT2D eigenvalue weighted by Gasteiger charge is -2.25. The predicted octanol–water partition coefficient (Wildman–Crippen LogP) is 4.85. The fourth-order valence-corrected chi connectivity index (χ4v) is 3.60. The number of aryl methyl sites for hydroxylation is 1. The lowest BCUT2D eigenvalue weighted by molar-refractivity contribution is 0.100. The van der Waals surface area contributed by atoms with Crippen LogP contribution < -0.4 is 4.74 Å². The van der Waals surface area contributed by atoms with Crippen LogP contribution in [0.4, 0.5) is 4.39 Å². The molecule has 1 aliphatic carbocycles. The molecular formula is C24H28FN3O2. The van der Waals surface area contributed by atoms with E-state index in [1.807, 2.05) is 44.2 Å². The van der Waals surface area contributed by atoms with Crippen LogP contribution in [0.25, 0.3) is 5.69 Å². The summed E-state index contributed by atoms with van der Waals surface area (Å²) in [5, 5.41) is 15.0. The summed E-state index contributed by atoms with van der Waals surface area (Å²) >= 11 is 0. The van der Waals surface area contributed by atoms with Crippen molar-refractivity contribution in [3.8, 4) is 17.3 Å². The molecule has 4 rings (SSSR count). The summed E-state index contributed by atoms with van der Waals surface area (Å²) in [4.78, 5) is 2.31. The minimum absolute atomic E-state index is 0.345. The molecule has 158 valence electrons. The van der Waals surface area contributed by atoms with Gasteiger partial charge in [0.25, 0.3) is 0 Å². The maximum absolute atomic E-state index is 13.8.